The summed E-state index contributed by atoms with van der Waals surface area (Å²) in [5, 5.41) is 3.27. The zero-order valence-corrected chi connectivity index (χ0v) is 12.8. The number of amides is 1. The van der Waals surface area contributed by atoms with Crippen LogP contribution in [0.5, 0.6) is 0 Å². The molecule has 0 spiro atoms. The molecule has 0 unspecified atom stereocenters. The van der Waals surface area contributed by atoms with Crippen LogP contribution in [0.1, 0.15) is 16.7 Å². The van der Waals surface area contributed by atoms with E-state index in [0.29, 0.717) is 5.75 Å². The average Bonchev–Trinajstić information content (AvgIpc) is 2.38. The number of piperazine rings is 1. The van der Waals surface area contributed by atoms with Crippen molar-refractivity contribution >= 4 is 17.7 Å². The second kappa shape index (κ2) is 6.44. The molecule has 4 heteroatoms. The van der Waals surface area contributed by atoms with Crippen LogP contribution in [-0.2, 0) is 4.79 Å². The number of nitrogens with zero attached hydrogens (tertiary/aromatic N) is 1. The molecule has 1 aromatic carbocycles. The maximum atomic E-state index is 12.1. The fourth-order valence-electron chi connectivity index (χ4n) is 2.53. The second-order valence-corrected chi connectivity index (χ2v) is 6.13. The lowest BCUT2D eigenvalue weighted by atomic mass is 10.1. The first-order chi connectivity index (χ1) is 9.08. The molecule has 1 aromatic rings. The van der Waals surface area contributed by atoms with Crippen LogP contribution < -0.4 is 5.32 Å². The lowest BCUT2D eigenvalue weighted by Gasteiger charge is -2.27. The Kier molecular flexibility index (Phi) is 4.88. The Balaban J connectivity index is 1.96. The van der Waals surface area contributed by atoms with Crippen LogP contribution in [0.4, 0.5) is 0 Å². The monoisotopic (exact) mass is 278 g/mol. The van der Waals surface area contributed by atoms with Crippen LogP contribution in [0.3, 0.4) is 0 Å². The quantitative estimate of drug-likeness (QED) is 0.860. The van der Waals surface area contributed by atoms with E-state index in [0.717, 1.165) is 26.2 Å². The van der Waals surface area contributed by atoms with E-state index in [2.05, 4.69) is 38.2 Å². The molecule has 0 aliphatic carbocycles. The molecule has 0 bridgehead atoms. The van der Waals surface area contributed by atoms with Crippen LogP contribution in [-0.4, -0.2) is 42.7 Å². The number of rotatable bonds is 3. The van der Waals surface area contributed by atoms with E-state index >= 15 is 0 Å². The fraction of sp³-hybridized carbons (Fsp3) is 0.533. The van der Waals surface area contributed by atoms with E-state index in [1.165, 1.54) is 21.6 Å². The molecule has 2 rings (SSSR count). The van der Waals surface area contributed by atoms with Crippen LogP contribution >= 0.6 is 11.8 Å². The van der Waals surface area contributed by atoms with Crippen molar-refractivity contribution in [1.29, 1.82) is 0 Å². The number of carbonyl (C=O) groups is 1. The first-order valence-electron chi connectivity index (χ1n) is 6.77. The molecule has 1 fully saturated rings. The third-order valence-corrected chi connectivity index (χ3v) is 4.74. The smallest absolute Gasteiger partial charge is 0.233 e. The van der Waals surface area contributed by atoms with E-state index in [1.54, 1.807) is 11.8 Å². The van der Waals surface area contributed by atoms with Gasteiger partial charge in [-0.1, -0.05) is 17.7 Å². The Morgan fingerprint density at radius 1 is 1.21 bits per heavy atom. The highest BCUT2D eigenvalue weighted by atomic mass is 32.2. The molecule has 1 amide bonds. The highest BCUT2D eigenvalue weighted by molar-refractivity contribution is 8.00. The second-order valence-electron chi connectivity index (χ2n) is 5.15. The molecule has 0 radical (unpaired) electrons. The van der Waals surface area contributed by atoms with Crippen molar-refractivity contribution in [1.82, 2.24) is 10.2 Å². The topological polar surface area (TPSA) is 32.3 Å². The first kappa shape index (κ1) is 14.4. The Bertz CT molecular complexity index is 444. The molecule has 3 nitrogen and oxygen atoms in total. The van der Waals surface area contributed by atoms with Crippen molar-refractivity contribution in [2.75, 3.05) is 31.9 Å². The maximum Gasteiger partial charge on any atom is 0.233 e. The third kappa shape index (κ3) is 3.74. The summed E-state index contributed by atoms with van der Waals surface area (Å²) in [6.07, 6.45) is 0. The van der Waals surface area contributed by atoms with Crippen molar-refractivity contribution in [2.45, 2.75) is 25.7 Å². The van der Waals surface area contributed by atoms with Gasteiger partial charge in [0, 0.05) is 31.1 Å². The Morgan fingerprint density at radius 2 is 1.79 bits per heavy atom. The first-order valence-corrected chi connectivity index (χ1v) is 7.75. The minimum atomic E-state index is 0.255. The van der Waals surface area contributed by atoms with Gasteiger partial charge in [-0.25, -0.2) is 0 Å². The van der Waals surface area contributed by atoms with Gasteiger partial charge in [0.15, 0.2) is 0 Å². The molecule has 19 heavy (non-hydrogen) atoms. The molecule has 1 heterocycles. The van der Waals surface area contributed by atoms with Gasteiger partial charge >= 0.3 is 0 Å². The van der Waals surface area contributed by atoms with E-state index in [9.17, 15) is 4.79 Å². The van der Waals surface area contributed by atoms with Gasteiger partial charge in [0.05, 0.1) is 5.75 Å². The molecule has 1 saturated heterocycles. The van der Waals surface area contributed by atoms with Gasteiger partial charge in [0.1, 0.15) is 0 Å². The SMILES string of the molecule is Cc1cc(C)c(SCC(=O)N2CCNCC2)c(C)c1. The largest absolute Gasteiger partial charge is 0.339 e. The molecule has 0 aromatic heterocycles. The summed E-state index contributed by atoms with van der Waals surface area (Å²) in [5.41, 5.74) is 3.83. The third-order valence-electron chi connectivity index (χ3n) is 3.41. The summed E-state index contributed by atoms with van der Waals surface area (Å²) >= 11 is 1.67. The van der Waals surface area contributed by atoms with Crippen molar-refractivity contribution in [3.63, 3.8) is 0 Å². The van der Waals surface area contributed by atoms with Crippen LogP contribution in [0.15, 0.2) is 17.0 Å². The van der Waals surface area contributed by atoms with Gasteiger partial charge in [-0.05, 0) is 31.9 Å². The number of hydrogen-bond acceptors (Lipinski definition) is 3. The number of nitrogens with one attached hydrogen (secondary N) is 1. The summed E-state index contributed by atoms with van der Waals surface area (Å²) < 4.78 is 0. The minimum Gasteiger partial charge on any atom is -0.339 e. The number of carbonyl (C=O) groups excluding carboxylic acids is 1. The summed E-state index contributed by atoms with van der Waals surface area (Å²) in [4.78, 5) is 15.4. The summed E-state index contributed by atoms with van der Waals surface area (Å²) in [6, 6.07) is 4.37. The Labute approximate surface area is 119 Å². The minimum absolute atomic E-state index is 0.255. The lowest BCUT2D eigenvalue weighted by molar-refractivity contribution is -0.128. The number of hydrogen-bond donors (Lipinski definition) is 1. The van der Waals surface area contributed by atoms with Gasteiger partial charge in [-0.2, -0.15) is 0 Å². The van der Waals surface area contributed by atoms with Crippen molar-refractivity contribution in [2.24, 2.45) is 0 Å². The number of benzene rings is 1. The number of aryl methyl sites for hydroxylation is 3. The van der Waals surface area contributed by atoms with E-state index in [4.69, 9.17) is 0 Å². The summed E-state index contributed by atoms with van der Waals surface area (Å²) in [6.45, 7) is 9.87. The van der Waals surface area contributed by atoms with Crippen molar-refractivity contribution < 1.29 is 4.79 Å². The molecular formula is C15H22N2OS. The van der Waals surface area contributed by atoms with Crippen molar-refractivity contribution in [3.05, 3.63) is 28.8 Å². The average molecular weight is 278 g/mol. The molecule has 0 atom stereocenters. The molecular weight excluding hydrogens is 256 g/mol. The molecule has 1 N–H and O–H groups in total. The predicted octanol–water partition coefficient (Wildman–Crippen LogP) is 2.14. The standard InChI is InChI=1S/C15H22N2OS/c1-11-8-12(2)15(13(3)9-11)19-10-14(18)17-6-4-16-5-7-17/h8-9,16H,4-7,10H2,1-3H3. The van der Waals surface area contributed by atoms with Crippen LogP contribution in [0, 0.1) is 20.8 Å². The maximum absolute atomic E-state index is 12.1. The van der Waals surface area contributed by atoms with Gasteiger partial charge < -0.3 is 10.2 Å². The van der Waals surface area contributed by atoms with Gasteiger partial charge in [-0.3, -0.25) is 4.79 Å². The summed E-state index contributed by atoms with van der Waals surface area (Å²) in [5.74, 6) is 0.802. The van der Waals surface area contributed by atoms with E-state index in [1.807, 2.05) is 4.90 Å². The Hall–Kier alpha value is -1.00. The lowest BCUT2D eigenvalue weighted by Crippen LogP contribution is -2.47. The zero-order chi connectivity index (χ0) is 13.8. The highest BCUT2D eigenvalue weighted by Gasteiger charge is 2.16. The molecule has 104 valence electrons. The van der Waals surface area contributed by atoms with E-state index in [-0.39, 0.29) is 5.91 Å². The van der Waals surface area contributed by atoms with Crippen LogP contribution in [0.25, 0.3) is 0 Å². The fourth-order valence-corrected chi connectivity index (χ4v) is 3.56. The normalized spacial score (nSPS) is 15.6. The van der Waals surface area contributed by atoms with Gasteiger partial charge in [-0.15, -0.1) is 11.8 Å². The van der Waals surface area contributed by atoms with E-state index < -0.39 is 0 Å². The molecule has 1 aliphatic rings. The van der Waals surface area contributed by atoms with Crippen LogP contribution in [0.2, 0.25) is 0 Å². The van der Waals surface area contributed by atoms with Crippen molar-refractivity contribution in [3.8, 4) is 0 Å². The highest BCUT2D eigenvalue weighted by Crippen LogP contribution is 2.27. The zero-order valence-electron chi connectivity index (χ0n) is 12.0. The predicted molar refractivity (Wildman–Crippen MR) is 80.8 cm³/mol. The Morgan fingerprint density at radius 3 is 2.37 bits per heavy atom. The number of thioether (sulfide) groups is 1. The molecule has 1 aliphatic heterocycles. The van der Waals surface area contributed by atoms with Gasteiger partial charge in [0.2, 0.25) is 5.91 Å². The summed E-state index contributed by atoms with van der Waals surface area (Å²) in [7, 11) is 0. The van der Waals surface area contributed by atoms with Gasteiger partial charge in [0.25, 0.3) is 0 Å². The molecule has 0 saturated carbocycles.